The third-order valence-electron chi connectivity index (χ3n) is 3.97. The van der Waals surface area contributed by atoms with Crippen LogP contribution in [0, 0.1) is 6.92 Å². The molecule has 0 amide bonds. The second-order valence-corrected chi connectivity index (χ2v) is 6.95. The van der Waals surface area contributed by atoms with Crippen molar-refractivity contribution < 1.29 is 0 Å². The lowest BCUT2D eigenvalue weighted by Crippen LogP contribution is -2.25. The van der Waals surface area contributed by atoms with Crippen LogP contribution >= 0.6 is 39.1 Å². The summed E-state index contributed by atoms with van der Waals surface area (Å²) in [6, 6.07) is 1.94. The molecule has 0 spiro atoms. The highest BCUT2D eigenvalue weighted by Gasteiger charge is 2.19. The molecular formula is C15H16BrCl2N3. The zero-order valence-corrected chi connectivity index (χ0v) is 14.9. The Morgan fingerprint density at radius 3 is 2.43 bits per heavy atom. The lowest BCUT2D eigenvalue weighted by atomic mass is 10.1. The first-order valence-electron chi connectivity index (χ1n) is 7.14. The normalized spacial score (nSPS) is 16.3. The number of hydrogen-bond donors (Lipinski definition) is 0. The van der Waals surface area contributed by atoms with E-state index in [1.54, 1.807) is 0 Å². The standard InChI is InChI=1S/C15H16BrCl2N3/c1-9-12(16)11(17)8-10-13(9)19-15(18)20-14(10)21-6-4-2-3-5-7-21/h8H,2-7H2,1H3. The summed E-state index contributed by atoms with van der Waals surface area (Å²) in [5.74, 6) is 0.907. The van der Waals surface area contributed by atoms with Crippen LogP contribution in [0.3, 0.4) is 0 Å². The molecule has 0 N–H and O–H groups in total. The van der Waals surface area contributed by atoms with E-state index in [0.717, 1.165) is 39.8 Å². The van der Waals surface area contributed by atoms with E-state index < -0.39 is 0 Å². The van der Waals surface area contributed by atoms with Gasteiger partial charge in [0.1, 0.15) is 5.82 Å². The minimum atomic E-state index is 0.291. The van der Waals surface area contributed by atoms with Crippen molar-refractivity contribution in [1.82, 2.24) is 9.97 Å². The number of hydrogen-bond acceptors (Lipinski definition) is 3. The van der Waals surface area contributed by atoms with Gasteiger partial charge in [-0.3, -0.25) is 0 Å². The van der Waals surface area contributed by atoms with Crippen LogP contribution in [0.1, 0.15) is 31.2 Å². The Morgan fingerprint density at radius 2 is 1.76 bits per heavy atom. The Hall–Kier alpha value is -0.580. The van der Waals surface area contributed by atoms with Gasteiger partial charge in [0.2, 0.25) is 5.28 Å². The maximum absolute atomic E-state index is 6.32. The van der Waals surface area contributed by atoms with E-state index in [1.807, 2.05) is 13.0 Å². The van der Waals surface area contributed by atoms with Gasteiger partial charge in [-0.1, -0.05) is 24.4 Å². The van der Waals surface area contributed by atoms with Crippen LogP contribution in [0.5, 0.6) is 0 Å². The van der Waals surface area contributed by atoms with E-state index in [-0.39, 0.29) is 0 Å². The fourth-order valence-electron chi connectivity index (χ4n) is 2.85. The molecule has 0 radical (unpaired) electrons. The molecule has 0 aliphatic carbocycles. The molecule has 0 saturated carbocycles. The van der Waals surface area contributed by atoms with E-state index >= 15 is 0 Å². The molecule has 1 aromatic heterocycles. The van der Waals surface area contributed by atoms with Crippen molar-refractivity contribution in [2.45, 2.75) is 32.6 Å². The van der Waals surface area contributed by atoms with E-state index in [4.69, 9.17) is 23.2 Å². The summed E-state index contributed by atoms with van der Waals surface area (Å²) in [5, 5.41) is 1.95. The summed E-state index contributed by atoms with van der Waals surface area (Å²) in [6.07, 6.45) is 4.93. The number of rotatable bonds is 1. The molecule has 0 bridgehead atoms. The largest absolute Gasteiger partial charge is 0.356 e. The lowest BCUT2D eigenvalue weighted by Gasteiger charge is -2.23. The Labute approximate surface area is 142 Å². The zero-order valence-electron chi connectivity index (χ0n) is 11.8. The Morgan fingerprint density at radius 1 is 1.10 bits per heavy atom. The van der Waals surface area contributed by atoms with Crippen molar-refractivity contribution in [3.63, 3.8) is 0 Å². The highest BCUT2D eigenvalue weighted by molar-refractivity contribution is 9.10. The topological polar surface area (TPSA) is 29.0 Å². The smallest absolute Gasteiger partial charge is 0.224 e. The third kappa shape index (κ3) is 2.99. The highest BCUT2D eigenvalue weighted by Crippen LogP contribution is 2.36. The molecule has 112 valence electrons. The van der Waals surface area contributed by atoms with Gasteiger partial charge in [0.15, 0.2) is 0 Å². The number of benzene rings is 1. The predicted octanol–water partition coefficient (Wildman–Crippen LogP) is 5.39. The van der Waals surface area contributed by atoms with Gasteiger partial charge in [0.25, 0.3) is 0 Å². The first-order chi connectivity index (χ1) is 10.1. The third-order valence-corrected chi connectivity index (χ3v) is 5.69. The number of nitrogens with zero attached hydrogens (tertiary/aromatic N) is 3. The van der Waals surface area contributed by atoms with Crippen LogP contribution in [0.15, 0.2) is 10.5 Å². The van der Waals surface area contributed by atoms with Crippen LogP contribution in [-0.4, -0.2) is 23.1 Å². The van der Waals surface area contributed by atoms with E-state index in [1.165, 1.54) is 25.7 Å². The molecule has 3 rings (SSSR count). The van der Waals surface area contributed by atoms with Crippen molar-refractivity contribution in [1.29, 1.82) is 0 Å². The molecule has 0 unspecified atom stereocenters. The average Bonchev–Trinajstić information content (AvgIpc) is 2.74. The van der Waals surface area contributed by atoms with Gasteiger partial charge in [-0.2, -0.15) is 4.98 Å². The number of fused-ring (bicyclic) bond motifs is 1. The fraction of sp³-hybridized carbons (Fsp3) is 0.467. The minimum Gasteiger partial charge on any atom is -0.356 e. The number of aromatic nitrogens is 2. The maximum Gasteiger partial charge on any atom is 0.224 e. The highest BCUT2D eigenvalue weighted by atomic mass is 79.9. The molecule has 1 aromatic carbocycles. The second kappa shape index (κ2) is 6.27. The summed E-state index contributed by atoms with van der Waals surface area (Å²) in [7, 11) is 0. The number of aryl methyl sites for hydroxylation is 1. The van der Waals surface area contributed by atoms with Crippen LogP contribution in [0.2, 0.25) is 10.3 Å². The van der Waals surface area contributed by atoms with Gasteiger partial charge >= 0.3 is 0 Å². The van der Waals surface area contributed by atoms with Gasteiger partial charge in [-0.15, -0.1) is 0 Å². The molecule has 1 aliphatic rings. The van der Waals surface area contributed by atoms with Crippen LogP contribution in [0.25, 0.3) is 10.9 Å². The second-order valence-electron chi connectivity index (χ2n) is 5.41. The molecule has 3 nitrogen and oxygen atoms in total. The monoisotopic (exact) mass is 387 g/mol. The van der Waals surface area contributed by atoms with Crippen LogP contribution in [0.4, 0.5) is 5.82 Å². The molecule has 6 heteroatoms. The average molecular weight is 389 g/mol. The maximum atomic E-state index is 6.32. The molecule has 1 aliphatic heterocycles. The first kappa shape index (κ1) is 15.3. The first-order valence-corrected chi connectivity index (χ1v) is 8.69. The number of anilines is 1. The molecule has 2 heterocycles. The van der Waals surface area contributed by atoms with Crippen molar-refractivity contribution >= 4 is 55.9 Å². The molecule has 2 aromatic rings. The summed E-state index contributed by atoms with van der Waals surface area (Å²) < 4.78 is 0.869. The summed E-state index contributed by atoms with van der Waals surface area (Å²) in [4.78, 5) is 11.2. The van der Waals surface area contributed by atoms with Crippen molar-refractivity contribution in [2.24, 2.45) is 0 Å². The van der Waals surface area contributed by atoms with Gasteiger partial charge in [-0.25, -0.2) is 4.98 Å². The molecule has 1 saturated heterocycles. The van der Waals surface area contributed by atoms with Gasteiger partial charge in [0.05, 0.1) is 10.5 Å². The quantitative estimate of drug-likeness (QED) is 0.613. The Kier molecular flexibility index (Phi) is 4.57. The molecule has 0 atom stereocenters. The van der Waals surface area contributed by atoms with Gasteiger partial charge in [-0.05, 0) is 58.9 Å². The zero-order chi connectivity index (χ0) is 15.0. The van der Waals surface area contributed by atoms with Crippen molar-refractivity contribution in [2.75, 3.05) is 18.0 Å². The molecular weight excluding hydrogens is 373 g/mol. The van der Waals surface area contributed by atoms with Crippen LogP contribution in [-0.2, 0) is 0 Å². The van der Waals surface area contributed by atoms with Crippen LogP contribution < -0.4 is 4.90 Å². The van der Waals surface area contributed by atoms with E-state index in [2.05, 4.69) is 30.8 Å². The van der Waals surface area contributed by atoms with E-state index in [9.17, 15) is 0 Å². The Balaban J connectivity index is 2.21. The molecule has 21 heavy (non-hydrogen) atoms. The van der Waals surface area contributed by atoms with Crippen molar-refractivity contribution in [3.8, 4) is 0 Å². The lowest BCUT2D eigenvalue weighted by molar-refractivity contribution is 0.726. The number of halogens is 3. The van der Waals surface area contributed by atoms with Crippen molar-refractivity contribution in [3.05, 3.63) is 26.4 Å². The SMILES string of the molecule is Cc1c(Br)c(Cl)cc2c(N3CCCCCC3)nc(Cl)nc12. The van der Waals surface area contributed by atoms with Gasteiger partial charge in [0, 0.05) is 22.9 Å². The predicted molar refractivity (Wildman–Crippen MR) is 92.7 cm³/mol. The van der Waals surface area contributed by atoms with Gasteiger partial charge < -0.3 is 4.90 Å². The minimum absolute atomic E-state index is 0.291. The summed E-state index contributed by atoms with van der Waals surface area (Å²) in [5.41, 5.74) is 1.86. The molecule has 1 fully saturated rings. The van der Waals surface area contributed by atoms with E-state index in [0.29, 0.717) is 10.3 Å². The fourth-order valence-corrected chi connectivity index (χ4v) is 3.56. The summed E-state index contributed by atoms with van der Waals surface area (Å²) in [6.45, 7) is 4.01. The Bertz CT molecular complexity index is 682. The summed E-state index contributed by atoms with van der Waals surface area (Å²) >= 11 is 16.0.